The first-order chi connectivity index (χ1) is 6.61. The SMILES string of the molecule is CCC(=O)COc1cc(C)cc(C)c1. The number of rotatable bonds is 4. The molecule has 0 N–H and O–H groups in total. The molecular weight excluding hydrogens is 176 g/mol. The summed E-state index contributed by atoms with van der Waals surface area (Å²) in [5, 5.41) is 0. The highest BCUT2D eigenvalue weighted by Crippen LogP contribution is 2.15. The molecule has 0 saturated heterocycles. The lowest BCUT2D eigenvalue weighted by Crippen LogP contribution is -2.09. The number of Topliss-reactive ketones (excluding diaryl/α,β-unsaturated/α-hetero) is 1. The summed E-state index contributed by atoms with van der Waals surface area (Å²) >= 11 is 0. The maximum Gasteiger partial charge on any atom is 0.169 e. The van der Waals surface area contributed by atoms with Gasteiger partial charge in [0.1, 0.15) is 12.4 Å². The molecule has 0 radical (unpaired) electrons. The topological polar surface area (TPSA) is 26.3 Å². The number of ether oxygens (including phenoxy) is 1. The fourth-order valence-electron chi connectivity index (χ4n) is 1.28. The van der Waals surface area contributed by atoms with Crippen molar-refractivity contribution >= 4 is 5.78 Å². The van der Waals surface area contributed by atoms with Gasteiger partial charge in [0.25, 0.3) is 0 Å². The third-order valence-corrected chi connectivity index (χ3v) is 1.99. The van der Waals surface area contributed by atoms with Crippen molar-refractivity contribution in [1.82, 2.24) is 0 Å². The molecule has 0 spiro atoms. The second-order valence-corrected chi connectivity index (χ2v) is 3.50. The molecule has 0 aliphatic rings. The van der Waals surface area contributed by atoms with Crippen LogP contribution in [0, 0.1) is 13.8 Å². The Morgan fingerprint density at radius 2 is 1.79 bits per heavy atom. The van der Waals surface area contributed by atoms with Gasteiger partial charge in [0, 0.05) is 6.42 Å². The number of hydrogen-bond donors (Lipinski definition) is 0. The average Bonchev–Trinajstić information content (AvgIpc) is 2.12. The van der Waals surface area contributed by atoms with Crippen LogP contribution in [0.5, 0.6) is 5.75 Å². The molecule has 0 atom stereocenters. The van der Waals surface area contributed by atoms with Crippen LogP contribution in [0.25, 0.3) is 0 Å². The predicted molar refractivity (Wildman–Crippen MR) is 56.7 cm³/mol. The zero-order valence-electron chi connectivity index (χ0n) is 8.96. The van der Waals surface area contributed by atoms with Crippen LogP contribution in [0.2, 0.25) is 0 Å². The molecular formula is C12H16O2. The Labute approximate surface area is 84.9 Å². The van der Waals surface area contributed by atoms with Gasteiger partial charge in [-0.1, -0.05) is 13.0 Å². The minimum absolute atomic E-state index is 0.129. The molecule has 14 heavy (non-hydrogen) atoms. The van der Waals surface area contributed by atoms with E-state index in [0.717, 1.165) is 16.9 Å². The Morgan fingerprint density at radius 3 is 2.29 bits per heavy atom. The van der Waals surface area contributed by atoms with Gasteiger partial charge in [-0.15, -0.1) is 0 Å². The Balaban J connectivity index is 2.63. The van der Waals surface area contributed by atoms with Gasteiger partial charge in [0.05, 0.1) is 0 Å². The van der Waals surface area contributed by atoms with Gasteiger partial charge in [-0.3, -0.25) is 4.79 Å². The van der Waals surface area contributed by atoms with E-state index in [9.17, 15) is 4.79 Å². The minimum Gasteiger partial charge on any atom is -0.486 e. The van der Waals surface area contributed by atoms with Crippen molar-refractivity contribution in [2.45, 2.75) is 27.2 Å². The van der Waals surface area contributed by atoms with Gasteiger partial charge in [-0.05, 0) is 37.1 Å². The third-order valence-electron chi connectivity index (χ3n) is 1.99. The number of carbonyl (C=O) groups is 1. The summed E-state index contributed by atoms with van der Waals surface area (Å²) in [5.41, 5.74) is 2.31. The molecule has 0 unspecified atom stereocenters. The third kappa shape index (κ3) is 3.21. The fourth-order valence-corrected chi connectivity index (χ4v) is 1.28. The van der Waals surface area contributed by atoms with Crippen LogP contribution >= 0.6 is 0 Å². The summed E-state index contributed by atoms with van der Waals surface area (Å²) in [4.78, 5) is 11.0. The summed E-state index contributed by atoms with van der Waals surface area (Å²) in [7, 11) is 0. The molecule has 1 aromatic rings. The molecule has 2 heteroatoms. The molecule has 0 heterocycles. The van der Waals surface area contributed by atoms with Crippen molar-refractivity contribution < 1.29 is 9.53 Å². The molecule has 0 bridgehead atoms. The first kappa shape index (κ1) is 10.8. The van der Waals surface area contributed by atoms with Gasteiger partial charge < -0.3 is 4.74 Å². The first-order valence-electron chi connectivity index (χ1n) is 4.84. The Kier molecular flexibility index (Phi) is 3.69. The highest BCUT2D eigenvalue weighted by atomic mass is 16.5. The minimum atomic E-state index is 0.129. The van der Waals surface area contributed by atoms with E-state index in [4.69, 9.17) is 4.74 Å². The van der Waals surface area contributed by atoms with Crippen LogP contribution in [0.3, 0.4) is 0 Å². The lowest BCUT2D eigenvalue weighted by Gasteiger charge is -2.06. The Hall–Kier alpha value is -1.31. The van der Waals surface area contributed by atoms with E-state index < -0.39 is 0 Å². The van der Waals surface area contributed by atoms with Crippen LogP contribution in [0.1, 0.15) is 24.5 Å². The summed E-state index contributed by atoms with van der Waals surface area (Å²) in [6, 6.07) is 5.96. The van der Waals surface area contributed by atoms with Crippen molar-refractivity contribution in [1.29, 1.82) is 0 Å². The predicted octanol–water partition coefficient (Wildman–Crippen LogP) is 2.66. The van der Waals surface area contributed by atoms with Crippen LogP contribution in [-0.2, 0) is 4.79 Å². The monoisotopic (exact) mass is 192 g/mol. The second-order valence-electron chi connectivity index (χ2n) is 3.50. The average molecular weight is 192 g/mol. The molecule has 0 amide bonds. The second kappa shape index (κ2) is 4.80. The van der Waals surface area contributed by atoms with Gasteiger partial charge in [-0.2, -0.15) is 0 Å². The van der Waals surface area contributed by atoms with E-state index in [2.05, 4.69) is 6.07 Å². The standard InChI is InChI=1S/C12H16O2/c1-4-11(13)8-14-12-6-9(2)5-10(3)7-12/h5-7H,4,8H2,1-3H3. The van der Waals surface area contributed by atoms with E-state index in [-0.39, 0.29) is 12.4 Å². The quantitative estimate of drug-likeness (QED) is 0.733. The van der Waals surface area contributed by atoms with Crippen LogP contribution < -0.4 is 4.74 Å². The largest absolute Gasteiger partial charge is 0.486 e. The maximum atomic E-state index is 11.0. The molecule has 0 fully saturated rings. The highest BCUT2D eigenvalue weighted by molar-refractivity contribution is 5.79. The van der Waals surface area contributed by atoms with Crippen molar-refractivity contribution in [2.24, 2.45) is 0 Å². The van der Waals surface area contributed by atoms with E-state index in [0.29, 0.717) is 6.42 Å². The van der Waals surface area contributed by atoms with E-state index in [1.54, 1.807) is 0 Å². The van der Waals surface area contributed by atoms with Crippen LogP contribution in [0.4, 0.5) is 0 Å². The van der Waals surface area contributed by atoms with E-state index in [1.165, 1.54) is 0 Å². The lowest BCUT2D eigenvalue weighted by atomic mass is 10.1. The summed E-state index contributed by atoms with van der Waals surface area (Å²) < 4.78 is 5.37. The zero-order valence-corrected chi connectivity index (χ0v) is 8.96. The number of ketones is 1. The van der Waals surface area contributed by atoms with Gasteiger partial charge in [0.2, 0.25) is 0 Å². The zero-order chi connectivity index (χ0) is 10.6. The van der Waals surface area contributed by atoms with Gasteiger partial charge in [-0.25, -0.2) is 0 Å². The van der Waals surface area contributed by atoms with Crippen LogP contribution in [-0.4, -0.2) is 12.4 Å². The Morgan fingerprint density at radius 1 is 1.21 bits per heavy atom. The highest BCUT2D eigenvalue weighted by Gasteiger charge is 2.00. The number of benzene rings is 1. The molecule has 1 rings (SSSR count). The van der Waals surface area contributed by atoms with E-state index >= 15 is 0 Å². The maximum absolute atomic E-state index is 11.0. The number of hydrogen-bond acceptors (Lipinski definition) is 2. The molecule has 0 aliphatic heterocycles. The van der Waals surface area contributed by atoms with Crippen LogP contribution in [0.15, 0.2) is 18.2 Å². The number of carbonyl (C=O) groups excluding carboxylic acids is 1. The van der Waals surface area contributed by atoms with E-state index in [1.807, 2.05) is 32.9 Å². The Bertz CT molecular complexity index is 309. The summed E-state index contributed by atoms with van der Waals surface area (Å²) in [6.07, 6.45) is 0.533. The molecule has 0 aromatic heterocycles. The summed E-state index contributed by atoms with van der Waals surface area (Å²) in [5.74, 6) is 0.911. The molecule has 0 aliphatic carbocycles. The van der Waals surface area contributed by atoms with Gasteiger partial charge >= 0.3 is 0 Å². The van der Waals surface area contributed by atoms with Crippen molar-refractivity contribution in [3.05, 3.63) is 29.3 Å². The van der Waals surface area contributed by atoms with Gasteiger partial charge in [0.15, 0.2) is 5.78 Å². The normalized spacial score (nSPS) is 9.93. The molecule has 1 aromatic carbocycles. The summed E-state index contributed by atoms with van der Waals surface area (Å²) in [6.45, 7) is 6.05. The number of aryl methyl sites for hydroxylation is 2. The molecule has 76 valence electrons. The van der Waals surface area contributed by atoms with Crippen molar-refractivity contribution in [3.8, 4) is 5.75 Å². The molecule has 0 saturated carbocycles. The molecule has 2 nitrogen and oxygen atoms in total. The fraction of sp³-hybridized carbons (Fsp3) is 0.417. The first-order valence-corrected chi connectivity index (χ1v) is 4.84. The lowest BCUT2D eigenvalue weighted by molar-refractivity contribution is -0.120. The van der Waals surface area contributed by atoms with Crippen molar-refractivity contribution in [3.63, 3.8) is 0 Å². The smallest absolute Gasteiger partial charge is 0.169 e. The van der Waals surface area contributed by atoms with Crippen molar-refractivity contribution in [2.75, 3.05) is 6.61 Å².